The number of carbonyl (C=O) groups is 1. The van der Waals surface area contributed by atoms with Gasteiger partial charge in [-0.2, -0.15) is 13.2 Å². The smallest absolute Gasteiger partial charge is 0.312 e. The van der Waals surface area contributed by atoms with Gasteiger partial charge in [-0.05, 0) is 31.0 Å². The first-order valence-corrected chi connectivity index (χ1v) is 6.33. The number of benzene rings is 1. The second kappa shape index (κ2) is 5.04. The molecule has 0 bridgehead atoms. The third-order valence-electron chi connectivity index (χ3n) is 3.23. The average Bonchev–Trinajstić information content (AvgIpc) is 2.69. The van der Waals surface area contributed by atoms with Gasteiger partial charge in [0.05, 0.1) is 5.92 Å². The summed E-state index contributed by atoms with van der Waals surface area (Å²) < 4.78 is 37.7. The van der Waals surface area contributed by atoms with Gasteiger partial charge in [-0.15, -0.1) is 11.6 Å². The summed E-state index contributed by atoms with van der Waals surface area (Å²) >= 11 is 5.37. The molecule has 1 fully saturated rings. The van der Waals surface area contributed by atoms with Crippen molar-refractivity contribution in [2.45, 2.75) is 24.9 Å². The highest BCUT2D eigenvalue weighted by Gasteiger charge is 2.49. The van der Waals surface area contributed by atoms with E-state index in [0.29, 0.717) is 5.69 Å². The van der Waals surface area contributed by atoms with Crippen molar-refractivity contribution in [3.63, 3.8) is 0 Å². The molecule has 1 aromatic carbocycles. The van der Waals surface area contributed by atoms with Gasteiger partial charge in [0.25, 0.3) is 0 Å². The van der Waals surface area contributed by atoms with Crippen LogP contribution in [0.5, 0.6) is 0 Å². The summed E-state index contributed by atoms with van der Waals surface area (Å²) in [6, 6.07) is 7.12. The number of rotatable bonds is 2. The van der Waals surface area contributed by atoms with Crippen LogP contribution >= 0.6 is 11.6 Å². The third kappa shape index (κ3) is 2.86. The molecule has 6 heteroatoms. The van der Waals surface area contributed by atoms with Crippen molar-refractivity contribution in [1.29, 1.82) is 0 Å². The number of amides is 1. The Balaban J connectivity index is 2.19. The van der Waals surface area contributed by atoms with Crippen molar-refractivity contribution in [3.05, 3.63) is 29.8 Å². The van der Waals surface area contributed by atoms with Crippen molar-refractivity contribution in [2.24, 2.45) is 5.92 Å². The van der Waals surface area contributed by atoms with Crippen LogP contribution in [0.4, 0.5) is 18.9 Å². The van der Waals surface area contributed by atoms with Crippen molar-refractivity contribution in [3.8, 4) is 0 Å². The van der Waals surface area contributed by atoms with E-state index in [1.807, 2.05) is 13.0 Å². The van der Waals surface area contributed by atoms with Gasteiger partial charge in [-0.3, -0.25) is 4.79 Å². The van der Waals surface area contributed by atoms with Crippen LogP contribution in [-0.4, -0.2) is 24.0 Å². The Hall–Kier alpha value is -1.23. The highest BCUT2D eigenvalue weighted by molar-refractivity contribution is 6.23. The van der Waals surface area contributed by atoms with Gasteiger partial charge in [0.1, 0.15) is 5.38 Å². The minimum Gasteiger partial charge on any atom is -0.312 e. The molecule has 1 saturated heterocycles. The van der Waals surface area contributed by atoms with Crippen molar-refractivity contribution in [1.82, 2.24) is 0 Å². The lowest BCUT2D eigenvalue weighted by atomic mass is 10.0. The van der Waals surface area contributed by atoms with Gasteiger partial charge in [0.15, 0.2) is 0 Å². The molecule has 1 aliphatic rings. The number of carbonyl (C=O) groups excluding carboxylic acids is 1. The summed E-state index contributed by atoms with van der Waals surface area (Å²) in [5, 5.41) is -2.12. The molecule has 0 aliphatic carbocycles. The molecule has 0 saturated carbocycles. The molecule has 19 heavy (non-hydrogen) atoms. The highest BCUT2D eigenvalue weighted by Crippen LogP contribution is 2.37. The fourth-order valence-corrected chi connectivity index (χ4v) is 2.49. The maximum atomic E-state index is 12.6. The number of nitrogens with zero attached hydrogens (tertiary/aromatic N) is 1. The predicted molar refractivity (Wildman–Crippen MR) is 67.3 cm³/mol. The SMILES string of the molecule is Cc1cccc(N2CCC(C(Cl)C(F)(F)F)C2=O)c1. The van der Waals surface area contributed by atoms with Crippen LogP contribution in [0.1, 0.15) is 12.0 Å². The number of anilines is 1. The molecule has 1 aromatic rings. The Labute approximate surface area is 114 Å². The van der Waals surface area contributed by atoms with E-state index in [0.717, 1.165) is 5.56 Å². The van der Waals surface area contributed by atoms with Crippen molar-refractivity contribution in [2.75, 3.05) is 11.4 Å². The van der Waals surface area contributed by atoms with E-state index in [1.54, 1.807) is 18.2 Å². The fraction of sp³-hybridized carbons (Fsp3) is 0.462. The van der Waals surface area contributed by atoms with E-state index < -0.39 is 23.4 Å². The van der Waals surface area contributed by atoms with Crippen LogP contribution in [0, 0.1) is 12.8 Å². The standard InChI is InChI=1S/C13H13ClF3NO/c1-8-3-2-4-9(7-8)18-6-5-10(12(18)19)11(14)13(15,16)17/h2-4,7,10-11H,5-6H2,1H3. The summed E-state index contributed by atoms with van der Waals surface area (Å²) in [6.07, 6.45) is -4.43. The zero-order valence-corrected chi connectivity index (χ0v) is 11.0. The first kappa shape index (κ1) is 14.2. The normalized spacial score (nSPS) is 21.8. The topological polar surface area (TPSA) is 20.3 Å². The van der Waals surface area contributed by atoms with E-state index in [1.165, 1.54) is 4.90 Å². The molecule has 2 rings (SSSR count). The third-order valence-corrected chi connectivity index (χ3v) is 3.78. The molecule has 0 radical (unpaired) electrons. The lowest BCUT2D eigenvalue weighted by Crippen LogP contribution is -2.37. The van der Waals surface area contributed by atoms with E-state index >= 15 is 0 Å². The van der Waals surface area contributed by atoms with Crippen molar-refractivity contribution >= 4 is 23.2 Å². The Morgan fingerprint density at radius 3 is 2.68 bits per heavy atom. The number of hydrogen-bond donors (Lipinski definition) is 0. The second-order valence-corrected chi connectivity index (χ2v) is 5.14. The maximum absolute atomic E-state index is 12.6. The van der Waals surface area contributed by atoms with E-state index in [4.69, 9.17) is 11.6 Å². The molecule has 1 heterocycles. The maximum Gasteiger partial charge on any atom is 0.405 e. The zero-order chi connectivity index (χ0) is 14.2. The first-order valence-electron chi connectivity index (χ1n) is 5.89. The van der Waals surface area contributed by atoms with Gasteiger partial charge in [-0.25, -0.2) is 0 Å². The summed E-state index contributed by atoms with van der Waals surface area (Å²) in [4.78, 5) is 13.4. The number of halogens is 4. The van der Waals surface area contributed by atoms with E-state index in [9.17, 15) is 18.0 Å². The van der Waals surface area contributed by atoms with Gasteiger partial charge >= 0.3 is 6.18 Å². The quantitative estimate of drug-likeness (QED) is 0.764. The zero-order valence-electron chi connectivity index (χ0n) is 10.2. The molecule has 2 atom stereocenters. The summed E-state index contributed by atoms with van der Waals surface area (Å²) in [6.45, 7) is 2.13. The largest absolute Gasteiger partial charge is 0.405 e. The van der Waals surface area contributed by atoms with Crippen LogP contribution in [-0.2, 0) is 4.79 Å². The Kier molecular flexibility index (Phi) is 3.76. The molecule has 1 amide bonds. The van der Waals surface area contributed by atoms with Crippen LogP contribution in [0.3, 0.4) is 0 Å². The van der Waals surface area contributed by atoms with E-state index in [-0.39, 0.29) is 13.0 Å². The van der Waals surface area contributed by atoms with Crippen LogP contribution in [0.2, 0.25) is 0 Å². The molecule has 0 aromatic heterocycles. The Morgan fingerprint density at radius 2 is 2.11 bits per heavy atom. The molecule has 1 aliphatic heterocycles. The lowest BCUT2D eigenvalue weighted by molar-refractivity contribution is -0.147. The lowest BCUT2D eigenvalue weighted by Gasteiger charge is -2.20. The minimum atomic E-state index is -4.55. The monoisotopic (exact) mass is 291 g/mol. The molecule has 104 valence electrons. The first-order chi connectivity index (χ1) is 8.80. The molecular formula is C13H13ClF3NO. The summed E-state index contributed by atoms with van der Waals surface area (Å²) in [5.74, 6) is -1.75. The number of alkyl halides is 4. The van der Waals surface area contributed by atoms with Crippen LogP contribution in [0.15, 0.2) is 24.3 Å². The molecular weight excluding hydrogens is 279 g/mol. The van der Waals surface area contributed by atoms with Crippen LogP contribution < -0.4 is 4.90 Å². The summed E-state index contributed by atoms with van der Waals surface area (Å²) in [5.41, 5.74) is 1.57. The Bertz CT molecular complexity index is 489. The Morgan fingerprint density at radius 1 is 1.42 bits per heavy atom. The van der Waals surface area contributed by atoms with E-state index in [2.05, 4.69) is 0 Å². The molecule has 2 nitrogen and oxygen atoms in total. The number of hydrogen-bond acceptors (Lipinski definition) is 1. The second-order valence-electron chi connectivity index (χ2n) is 4.67. The number of aryl methyl sites for hydroxylation is 1. The average molecular weight is 292 g/mol. The van der Waals surface area contributed by atoms with Gasteiger partial charge in [-0.1, -0.05) is 12.1 Å². The predicted octanol–water partition coefficient (Wildman–Crippen LogP) is 3.52. The van der Waals surface area contributed by atoms with Crippen LogP contribution in [0.25, 0.3) is 0 Å². The molecule has 0 spiro atoms. The minimum absolute atomic E-state index is 0.125. The fourth-order valence-electron chi connectivity index (χ4n) is 2.25. The van der Waals surface area contributed by atoms with Gasteiger partial charge < -0.3 is 4.90 Å². The van der Waals surface area contributed by atoms with Gasteiger partial charge in [0.2, 0.25) is 5.91 Å². The van der Waals surface area contributed by atoms with Gasteiger partial charge in [0, 0.05) is 12.2 Å². The van der Waals surface area contributed by atoms with Crippen molar-refractivity contribution < 1.29 is 18.0 Å². The molecule has 2 unspecified atom stereocenters. The summed E-state index contributed by atoms with van der Waals surface area (Å²) in [7, 11) is 0. The highest BCUT2D eigenvalue weighted by atomic mass is 35.5. The molecule has 0 N–H and O–H groups in total.